The number of carbonyl (C=O) groups is 1. The van der Waals surface area contributed by atoms with Gasteiger partial charge in [0.05, 0.1) is 5.39 Å². The smallest absolute Gasteiger partial charge is 0.271 e. The van der Waals surface area contributed by atoms with E-state index < -0.39 is 12.0 Å². The summed E-state index contributed by atoms with van der Waals surface area (Å²) in [6.45, 7) is 7.18. The van der Waals surface area contributed by atoms with E-state index >= 15 is 0 Å². The lowest BCUT2D eigenvalue weighted by Crippen LogP contribution is -2.17. The topological polar surface area (TPSA) is 121 Å². The number of fused-ring (bicyclic) bond motifs is 2. The van der Waals surface area contributed by atoms with Crippen LogP contribution in [-0.4, -0.2) is 15.9 Å². The minimum atomic E-state index is -0.767. The summed E-state index contributed by atoms with van der Waals surface area (Å²) in [5.41, 5.74) is 9.58. The predicted molar refractivity (Wildman–Crippen MR) is 137 cm³/mol. The molecule has 1 amide bonds. The maximum absolute atomic E-state index is 13.4. The fourth-order valence-corrected chi connectivity index (χ4v) is 4.42. The molecule has 5 aromatic rings. The van der Waals surface area contributed by atoms with Gasteiger partial charge in [0.1, 0.15) is 28.1 Å². The Morgan fingerprint density at radius 3 is 2.58 bits per heavy atom. The molecule has 8 nitrogen and oxygen atoms in total. The minimum absolute atomic E-state index is 0.0834. The van der Waals surface area contributed by atoms with Gasteiger partial charge in [0.25, 0.3) is 5.91 Å². The molecule has 2 N–H and O–H groups in total. The molecule has 0 saturated heterocycles. The number of nitrogens with zero attached hydrogens (tertiary/aromatic N) is 2. The van der Waals surface area contributed by atoms with Crippen LogP contribution in [0.25, 0.3) is 33.4 Å². The van der Waals surface area contributed by atoms with Crippen molar-refractivity contribution in [1.82, 2.24) is 9.97 Å². The lowest BCUT2D eigenvalue weighted by Gasteiger charge is -2.19. The summed E-state index contributed by atoms with van der Waals surface area (Å²) in [6.07, 6.45) is -0.619. The number of aromatic nitrogens is 2. The first kappa shape index (κ1) is 23.6. The van der Waals surface area contributed by atoms with Gasteiger partial charge < -0.3 is 19.3 Å². The summed E-state index contributed by atoms with van der Waals surface area (Å²) in [6, 6.07) is 12.2. The molecule has 0 unspecified atom stereocenters. The van der Waals surface area contributed by atoms with Gasteiger partial charge in [0.15, 0.2) is 28.3 Å². The first-order valence-corrected chi connectivity index (χ1v) is 11.6. The number of oxazole rings is 1. The van der Waals surface area contributed by atoms with Crippen molar-refractivity contribution in [3.8, 4) is 17.1 Å². The molecule has 0 fully saturated rings. The molecule has 0 aliphatic carbocycles. The molecule has 0 spiro atoms. The van der Waals surface area contributed by atoms with Crippen molar-refractivity contribution in [2.45, 2.75) is 33.8 Å². The van der Waals surface area contributed by atoms with E-state index in [1.165, 1.54) is 12.1 Å². The van der Waals surface area contributed by atoms with Crippen LogP contribution in [0.5, 0.6) is 5.75 Å². The van der Waals surface area contributed by atoms with Gasteiger partial charge >= 0.3 is 0 Å². The SMILES string of the molecule is Cc1cc([C@@H](C)Oc2ccc(Cl)nc2C(N)=O)c2oc(-c3ccc4nc(C)oc4c3)c(C)c(=O)c2c1. The zero-order valence-corrected chi connectivity index (χ0v) is 20.8. The molecule has 2 aromatic carbocycles. The molecule has 0 saturated carbocycles. The quantitative estimate of drug-likeness (QED) is 0.300. The van der Waals surface area contributed by atoms with Crippen molar-refractivity contribution in [3.63, 3.8) is 0 Å². The van der Waals surface area contributed by atoms with Crippen LogP contribution in [0.2, 0.25) is 5.15 Å². The standard InChI is InChI=1S/C27H22ClN3O5/c1-12-9-17(14(3)34-20-7-8-22(28)31-23(20)27(29)33)26-18(10-12)24(32)13(2)25(36-26)16-5-6-19-21(11-16)35-15(4)30-19/h5-11,14H,1-4H3,(H2,29,33)/t14-/m1/s1. The van der Waals surface area contributed by atoms with Crippen molar-refractivity contribution in [2.24, 2.45) is 5.73 Å². The molecular weight excluding hydrogens is 482 g/mol. The van der Waals surface area contributed by atoms with Crippen LogP contribution < -0.4 is 15.9 Å². The molecule has 0 bridgehead atoms. The highest BCUT2D eigenvalue weighted by molar-refractivity contribution is 6.29. The molecule has 1 atom stereocenters. The number of rotatable bonds is 5. The number of benzene rings is 2. The Balaban J connectivity index is 1.67. The second-order valence-corrected chi connectivity index (χ2v) is 9.02. The van der Waals surface area contributed by atoms with Crippen LogP contribution >= 0.6 is 11.6 Å². The first-order chi connectivity index (χ1) is 17.1. The van der Waals surface area contributed by atoms with Crippen molar-refractivity contribution >= 4 is 39.6 Å². The normalized spacial score (nSPS) is 12.2. The number of carbonyl (C=O) groups excluding carboxylic acids is 1. The van der Waals surface area contributed by atoms with Crippen LogP contribution in [0.15, 0.2) is 56.1 Å². The van der Waals surface area contributed by atoms with E-state index in [1.54, 1.807) is 32.9 Å². The lowest BCUT2D eigenvalue weighted by atomic mass is 10.00. The summed E-state index contributed by atoms with van der Waals surface area (Å²) in [4.78, 5) is 33.6. The van der Waals surface area contributed by atoms with Gasteiger partial charge in [-0.3, -0.25) is 9.59 Å². The number of primary amides is 1. The molecule has 182 valence electrons. The zero-order valence-electron chi connectivity index (χ0n) is 20.0. The second-order valence-electron chi connectivity index (χ2n) is 8.64. The molecule has 0 aliphatic rings. The van der Waals surface area contributed by atoms with E-state index in [2.05, 4.69) is 9.97 Å². The van der Waals surface area contributed by atoms with Crippen LogP contribution in [0.4, 0.5) is 0 Å². The number of hydrogen-bond acceptors (Lipinski definition) is 7. The Morgan fingerprint density at radius 2 is 1.83 bits per heavy atom. The third-order valence-electron chi connectivity index (χ3n) is 5.95. The van der Waals surface area contributed by atoms with E-state index in [9.17, 15) is 9.59 Å². The van der Waals surface area contributed by atoms with Crippen molar-refractivity contribution in [3.05, 3.63) is 86.1 Å². The van der Waals surface area contributed by atoms with Crippen LogP contribution in [0.3, 0.4) is 0 Å². The van der Waals surface area contributed by atoms with Gasteiger partial charge in [0, 0.05) is 23.6 Å². The average Bonchev–Trinajstić information content (AvgIpc) is 3.21. The number of pyridine rings is 1. The number of aryl methyl sites for hydroxylation is 2. The number of halogens is 1. The van der Waals surface area contributed by atoms with Gasteiger partial charge in [-0.15, -0.1) is 0 Å². The number of hydrogen-bond donors (Lipinski definition) is 1. The van der Waals surface area contributed by atoms with Crippen LogP contribution in [0.1, 0.15) is 46.1 Å². The van der Waals surface area contributed by atoms with Gasteiger partial charge in [-0.25, -0.2) is 9.97 Å². The molecule has 36 heavy (non-hydrogen) atoms. The second kappa shape index (κ2) is 8.80. The Kier molecular flexibility index (Phi) is 5.76. The molecule has 0 aliphatic heterocycles. The highest BCUT2D eigenvalue weighted by atomic mass is 35.5. The molecule has 0 radical (unpaired) electrons. The monoisotopic (exact) mass is 503 g/mol. The van der Waals surface area contributed by atoms with E-state index in [1.807, 2.05) is 25.1 Å². The van der Waals surface area contributed by atoms with Gasteiger partial charge in [-0.05, 0) is 68.8 Å². The van der Waals surface area contributed by atoms with E-state index in [4.69, 9.17) is 30.9 Å². The lowest BCUT2D eigenvalue weighted by molar-refractivity contribution is 0.0988. The summed E-state index contributed by atoms with van der Waals surface area (Å²) >= 11 is 5.92. The summed E-state index contributed by atoms with van der Waals surface area (Å²) in [7, 11) is 0. The summed E-state index contributed by atoms with van der Waals surface area (Å²) < 4.78 is 18.1. The fraction of sp³-hybridized carbons (Fsp3) is 0.185. The van der Waals surface area contributed by atoms with E-state index in [0.717, 1.165) is 11.1 Å². The number of ether oxygens (including phenoxy) is 1. The molecule has 5 rings (SSSR count). The maximum Gasteiger partial charge on any atom is 0.271 e. The first-order valence-electron chi connectivity index (χ1n) is 11.2. The van der Waals surface area contributed by atoms with Gasteiger partial charge in [-0.1, -0.05) is 11.6 Å². The Bertz CT molecular complexity index is 1740. The molecule has 9 heteroatoms. The van der Waals surface area contributed by atoms with Crippen LogP contribution in [-0.2, 0) is 0 Å². The molecule has 3 heterocycles. The average molecular weight is 504 g/mol. The van der Waals surface area contributed by atoms with Crippen molar-refractivity contribution in [2.75, 3.05) is 0 Å². The Hall–Kier alpha value is -4.17. The number of nitrogens with two attached hydrogens (primary N) is 1. The summed E-state index contributed by atoms with van der Waals surface area (Å²) in [5.74, 6) is 0.382. The zero-order chi connectivity index (χ0) is 25.7. The minimum Gasteiger partial charge on any atom is -0.483 e. The predicted octanol–water partition coefficient (Wildman–Crippen LogP) is 5.81. The third-order valence-corrected chi connectivity index (χ3v) is 6.16. The van der Waals surface area contributed by atoms with Gasteiger partial charge in [0.2, 0.25) is 0 Å². The molecule has 3 aromatic heterocycles. The highest BCUT2D eigenvalue weighted by Crippen LogP contribution is 2.34. The molecular formula is C27H22ClN3O5. The Labute approximate surface area is 210 Å². The Morgan fingerprint density at radius 1 is 1.06 bits per heavy atom. The van der Waals surface area contributed by atoms with Crippen molar-refractivity contribution < 1.29 is 18.4 Å². The highest BCUT2D eigenvalue weighted by Gasteiger charge is 2.22. The van der Waals surface area contributed by atoms with E-state index in [0.29, 0.717) is 44.9 Å². The van der Waals surface area contributed by atoms with Gasteiger partial charge in [-0.2, -0.15) is 0 Å². The van der Waals surface area contributed by atoms with Crippen LogP contribution in [0, 0.1) is 20.8 Å². The van der Waals surface area contributed by atoms with Crippen molar-refractivity contribution in [1.29, 1.82) is 0 Å². The largest absolute Gasteiger partial charge is 0.483 e. The third kappa shape index (κ3) is 4.09. The fourth-order valence-electron chi connectivity index (χ4n) is 4.27. The number of amides is 1. The van der Waals surface area contributed by atoms with E-state index in [-0.39, 0.29) is 22.0 Å². The maximum atomic E-state index is 13.4. The summed E-state index contributed by atoms with van der Waals surface area (Å²) in [5, 5.41) is 0.553.